The van der Waals surface area contributed by atoms with E-state index in [1.165, 1.54) is 0 Å². The van der Waals surface area contributed by atoms with Crippen molar-refractivity contribution in [1.29, 1.82) is 0 Å². The summed E-state index contributed by atoms with van der Waals surface area (Å²) in [6.45, 7) is 1.37. The molecular weight excluding hydrogens is 396 g/mol. The number of pyridine rings is 1. The molecule has 1 amide bonds. The van der Waals surface area contributed by atoms with Crippen molar-refractivity contribution in [2.75, 3.05) is 6.54 Å². The van der Waals surface area contributed by atoms with E-state index in [9.17, 15) is 9.59 Å². The minimum Gasteiger partial charge on any atom is -0.334 e. The van der Waals surface area contributed by atoms with Crippen LogP contribution in [0.2, 0.25) is 0 Å². The van der Waals surface area contributed by atoms with Crippen molar-refractivity contribution < 1.29 is 4.79 Å². The van der Waals surface area contributed by atoms with Gasteiger partial charge in [-0.3, -0.25) is 19.1 Å². The molecule has 0 aliphatic carbocycles. The molecule has 1 saturated heterocycles. The van der Waals surface area contributed by atoms with Gasteiger partial charge in [-0.1, -0.05) is 24.6 Å². The molecule has 4 rings (SSSR count). The summed E-state index contributed by atoms with van der Waals surface area (Å²) in [4.78, 5) is 35.0. The molecule has 1 aromatic carbocycles. The lowest BCUT2D eigenvalue weighted by atomic mass is 10.1. The van der Waals surface area contributed by atoms with E-state index < -0.39 is 0 Å². The van der Waals surface area contributed by atoms with Crippen LogP contribution < -0.4 is 5.56 Å². The summed E-state index contributed by atoms with van der Waals surface area (Å²) in [5.41, 5.74) is 1.69. The van der Waals surface area contributed by atoms with Crippen molar-refractivity contribution in [1.82, 2.24) is 19.4 Å². The Balaban J connectivity index is 1.30. The number of carbonyl (C=O) groups is 1. The monoisotopic (exact) mass is 422 g/mol. The second-order valence-electron chi connectivity index (χ2n) is 7.74. The summed E-state index contributed by atoms with van der Waals surface area (Å²) in [6.07, 6.45) is 6.82. The van der Waals surface area contributed by atoms with Gasteiger partial charge in [0.2, 0.25) is 5.91 Å². The number of aromatic nitrogens is 3. The molecule has 0 saturated carbocycles. The Hall–Kier alpha value is -2.80. The molecule has 1 aliphatic rings. The lowest BCUT2D eigenvalue weighted by Crippen LogP contribution is -2.30. The largest absolute Gasteiger partial charge is 0.334 e. The SMILES string of the molecule is O=C(CCCCCn1c(=S)[nH]c2ccccc2c1=O)N1CCCC1c1ccccn1. The first-order chi connectivity index (χ1) is 14.6. The molecule has 1 atom stereocenters. The topological polar surface area (TPSA) is 71.0 Å². The van der Waals surface area contributed by atoms with Crippen LogP contribution in [0.4, 0.5) is 0 Å². The molecule has 7 heteroatoms. The minimum absolute atomic E-state index is 0.0549. The number of hydrogen-bond donors (Lipinski definition) is 1. The third-order valence-corrected chi connectivity index (χ3v) is 6.09. The van der Waals surface area contributed by atoms with E-state index in [0.29, 0.717) is 23.1 Å². The van der Waals surface area contributed by atoms with E-state index in [-0.39, 0.29) is 17.5 Å². The number of nitrogens with zero attached hydrogens (tertiary/aromatic N) is 3. The molecule has 30 heavy (non-hydrogen) atoms. The van der Waals surface area contributed by atoms with Gasteiger partial charge in [0, 0.05) is 25.7 Å². The molecule has 6 nitrogen and oxygen atoms in total. The van der Waals surface area contributed by atoms with Crippen LogP contribution in [0, 0.1) is 4.77 Å². The Morgan fingerprint density at radius 3 is 2.80 bits per heavy atom. The highest BCUT2D eigenvalue weighted by molar-refractivity contribution is 7.71. The van der Waals surface area contributed by atoms with Crippen LogP contribution in [-0.2, 0) is 11.3 Å². The first-order valence-electron chi connectivity index (χ1n) is 10.6. The number of rotatable bonds is 7. The van der Waals surface area contributed by atoms with Crippen LogP contribution in [0.15, 0.2) is 53.5 Å². The van der Waals surface area contributed by atoms with Gasteiger partial charge in [0.25, 0.3) is 5.56 Å². The number of nitrogens with one attached hydrogen (secondary N) is 1. The Morgan fingerprint density at radius 2 is 1.97 bits per heavy atom. The van der Waals surface area contributed by atoms with Crippen molar-refractivity contribution in [2.24, 2.45) is 0 Å². The molecule has 2 aromatic heterocycles. The molecule has 156 valence electrons. The molecule has 1 aliphatic heterocycles. The summed E-state index contributed by atoms with van der Waals surface area (Å²) < 4.78 is 2.07. The van der Waals surface area contributed by atoms with Gasteiger partial charge in [0.05, 0.1) is 22.6 Å². The third kappa shape index (κ3) is 4.36. The number of benzene rings is 1. The molecule has 0 spiro atoms. The number of H-pyrrole nitrogens is 1. The molecule has 1 unspecified atom stereocenters. The second kappa shape index (κ2) is 9.34. The fraction of sp³-hybridized carbons (Fsp3) is 0.391. The molecule has 1 fully saturated rings. The van der Waals surface area contributed by atoms with Crippen LogP contribution >= 0.6 is 12.2 Å². The number of amides is 1. The number of fused-ring (bicyclic) bond motifs is 1. The first-order valence-corrected chi connectivity index (χ1v) is 11.0. The van der Waals surface area contributed by atoms with Gasteiger partial charge in [0.1, 0.15) is 0 Å². The van der Waals surface area contributed by atoms with E-state index in [1.54, 1.807) is 10.8 Å². The summed E-state index contributed by atoms with van der Waals surface area (Å²) in [7, 11) is 0. The number of unbranched alkanes of at least 4 members (excludes halogenated alkanes) is 2. The van der Waals surface area contributed by atoms with E-state index in [4.69, 9.17) is 12.2 Å². The Morgan fingerprint density at radius 1 is 1.13 bits per heavy atom. The maximum atomic E-state index is 12.7. The maximum Gasteiger partial charge on any atom is 0.262 e. The van der Waals surface area contributed by atoms with Crippen molar-refractivity contribution in [2.45, 2.75) is 51.1 Å². The van der Waals surface area contributed by atoms with Crippen molar-refractivity contribution in [3.8, 4) is 0 Å². The lowest BCUT2D eigenvalue weighted by Gasteiger charge is -2.24. The Kier molecular flexibility index (Phi) is 6.38. The summed E-state index contributed by atoms with van der Waals surface area (Å²) in [5, 5.41) is 0.649. The second-order valence-corrected chi connectivity index (χ2v) is 8.13. The summed E-state index contributed by atoms with van der Waals surface area (Å²) >= 11 is 5.36. The summed E-state index contributed by atoms with van der Waals surface area (Å²) in [6, 6.07) is 13.4. The van der Waals surface area contributed by atoms with E-state index in [0.717, 1.165) is 49.9 Å². The van der Waals surface area contributed by atoms with Gasteiger partial charge < -0.3 is 9.88 Å². The molecular formula is C23H26N4O2S. The third-order valence-electron chi connectivity index (χ3n) is 5.76. The van der Waals surface area contributed by atoms with E-state index in [1.807, 2.05) is 47.4 Å². The Bertz CT molecular complexity index is 1140. The smallest absolute Gasteiger partial charge is 0.262 e. The summed E-state index contributed by atoms with van der Waals surface area (Å²) in [5.74, 6) is 0.198. The highest BCUT2D eigenvalue weighted by Gasteiger charge is 2.30. The van der Waals surface area contributed by atoms with Gasteiger partial charge >= 0.3 is 0 Å². The first kappa shape index (κ1) is 20.5. The minimum atomic E-state index is -0.0549. The zero-order chi connectivity index (χ0) is 20.9. The highest BCUT2D eigenvalue weighted by atomic mass is 32.1. The van der Waals surface area contributed by atoms with Crippen molar-refractivity contribution in [3.63, 3.8) is 0 Å². The molecule has 3 aromatic rings. The van der Waals surface area contributed by atoms with Crippen LogP contribution in [0.25, 0.3) is 10.9 Å². The average molecular weight is 423 g/mol. The maximum absolute atomic E-state index is 12.7. The van der Waals surface area contributed by atoms with Gasteiger partial charge in [-0.05, 0) is 62.2 Å². The van der Waals surface area contributed by atoms with Crippen molar-refractivity contribution in [3.05, 3.63) is 69.5 Å². The number of para-hydroxylation sites is 1. The van der Waals surface area contributed by atoms with E-state index in [2.05, 4.69) is 9.97 Å². The number of carbonyl (C=O) groups excluding carboxylic acids is 1. The predicted molar refractivity (Wildman–Crippen MR) is 120 cm³/mol. The number of likely N-dealkylation sites (tertiary alicyclic amines) is 1. The lowest BCUT2D eigenvalue weighted by molar-refractivity contribution is -0.132. The zero-order valence-corrected chi connectivity index (χ0v) is 17.7. The van der Waals surface area contributed by atoms with Crippen LogP contribution in [0.3, 0.4) is 0 Å². The van der Waals surface area contributed by atoms with E-state index >= 15 is 0 Å². The normalized spacial score (nSPS) is 16.3. The van der Waals surface area contributed by atoms with Gasteiger partial charge in [-0.15, -0.1) is 0 Å². The van der Waals surface area contributed by atoms with Gasteiger partial charge in [0.15, 0.2) is 4.77 Å². The molecule has 1 N–H and O–H groups in total. The van der Waals surface area contributed by atoms with Crippen LogP contribution in [0.5, 0.6) is 0 Å². The molecule has 0 radical (unpaired) electrons. The van der Waals surface area contributed by atoms with Crippen LogP contribution in [-0.4, -0.2) is 31.9 Å². The van der Waals surface area contributed by atoms with Crippen molar-refractivity contribution >= 4 is 29.0 Å². The van der Waals surface area contributed by atoms with Crippen LogP contribution in [0.1, 0.15) is 50.3 Å². The fourth-order valence-electron chi connectivity index (χ4n) is 4.21. The molecule has 0 bridgehead atoms. The Labute approximate surface area is 180 Å². The molecule has 3 heterocycles. The standard InChI is InChI=1S/C23H26N4O2S/c28-21(26-16-8-12-20(26)19-11-5-6-14-24-19)13-2-1-7-15-27-22(29)17-9-3-4-10-18(17)25-23(27)30/h3-6,9-11,14,20H,1-2,7-8,12-13,15-16H2,(H,25,30). The average Bonchev–Trinajstić information content (AvgIpc) is 3.26. The number of aromatic amines is 1. The van der Waals surface area contributed by atoms with Gasteiger partial charge in [-0.2, -0.15) is 0 Å². The fourth-order valence-corrected chi connectivity index (χ4v) is 4.50. The number of hydrogen-bond acceptors (Lipinski definition) is 4. The predicted octanol–water partition coefficient (Wildman–Crippen LogP) is 4.38. The quantitative estimate of drug-likeness (QED) is 0.453. The van der Waals surface area contributed by atoms with Gasteiger partial charge in [-0.25, -0.2) is 0 Å². The zero-order valence-electron chi connectivity index (χ0n) is 16.9. The highest BCUT2D eigenvalue weighted by Crippen LogP contribution is 2.31.